The average molecular weight is 197 g/mol. The normalized spacial score (nSPS) is 23.0. The van der Waals surface area contributed by atoms with E-state index in [1.54, 1.807) is 4.90 Å². The predicted molar refractivity (Wildman–Crippen MR) is 54.9 cm³/mol. The Balaban J connectivity index is 1.76. The second-order valence-corrected chi connectivity index (χ2v) is 4.78. The van der Waals surface area contributed by atoms with Gasteiger partial charge in [0, 0.05) is 25.0 Å². The Morgan fingerprint density at radius 2 is 2.21 bits per heavy atom. The Bertz CT molecular complexity index is 234. The van der Waals surface area contributed by atoms with Crippen LogP contribution in [0.1, 0.15) is 25.7 Å². The van der Waals surface area contributed by atoms with Gasteiger partial charge in [-0.15, -0.1) is 0 Å². The minimum absolute atomic E-state index is 0.0622. The number of hydrogen-bond acceptors (Lipinski definition) is 2. The first kappa shape index (κ1) is 9.77. The number of hydrogen-bond donors (Lipinski definition) is 2. The zero-order valence-electron chi connectivity index (χ0n) is 8.75. The van der Waals surface area contributed by atoms with E-state index in [4.69, 9.17) is 5.73 Å². The molecule has 2 aliphatic carbocycles. The van der Waals surface area contributed by atoms with Gasteiger partial charge in [-0.1, -0.05) is 0 Å². The first-order valence-corrected chi connectivity index (χ1v) is 5.37. The molecule has 2 aliphatic rings. The van der Waals surface area contributed by atoms with Gasteiger partial charge < -0.3 is 16.0 Å². The van der Waals surface area contributed by atoms with Crippen LogP contribution in [-0.4, -0.2) is 37.1 Å². The molecule has 0 spiro atoms. The van der Waals surface area contributed by atoms with Crippen LogP contribution in [0.15, 0.2) is 0 Å². The summed E-state index contributed by atoms with van der Waals surface area (Å²) in [7, 11) is 1.85. The van der Waals surface area contributed by atoms with Gasteiger partial charge in [0.05, 0.1) is 0 Å². The largest absolute Gasteiger partial charge is 0.335 e. The van der Waals surface area contributed by atoms with Gasteiger partial charge in [0.15, 0.2) is 0 Å². The molecule has 2 rings (SSSR count). The standard InChI is InChI=1S/C10H19N3O/c1-13(7-10(6-11)4-5-10)9(14)12-8-2-3-8/h8H,2-7,11H2,1H3,(H,12,14). The highest BCUT2D eigenvalue weighted by Crippen LogP contribution is 2.44. The van der Waals surface area contributed by atoms with Crippen molar-refractivity contribution in [1.29, 1.82) is 0 Å². The van der Waals surface area contributed by atoms with Crippen LogP contribution in [-0.2, 0) is 0 Å². The number of carbonyl (C=O) groups is 1. The van der Waals surface area contributed by atoms with Gasteiger partial charge in [0.2, 0.25) is 0 Å². The molecule has 0 aromatic heterocycles. The number of nitrogens with zero attached hydrogens (tertiary/aromatic N) is 1. The van der Waals surface area contributed by atoms with E-state index in [-0.39, 0.29) is 11.4 Å². The van der Waals surface area contributed by atoms with Crippen molar-refractivity contribution in [2.24, 2.45) is 11.1 Å². The fourth-order valence-electron chi connectivity index (χ4n) is 1.69. The lowest BCUT2D eigenvalue weighted by molar-refractivity contribution is 0.198. The van der Waals surface area contributed by atoms with Crippen LogP contribution in [0.4, 0.5) is 4.79 Å². The molecule has 0 unspecified atom stereocenters. The summed E-state index contributed by atoms with van der Waals surface area (Å²) in [6.07, 6.45) is 4.62. The molecule has 2 saturated carbocycles. The Labute approximate surface area is 84.8 Å². The highest BCUT2D eigenvalue weighted by Gasteiger charge is 2.43. The summed E-state index contributed by atoms with van der Waals surface area (Å²) >= 11 is 0. The van der Waals surface area contributed by atoms with Crippen LogP contribution in [0, 0.1) is 5.41 Å². The highest BCUT2D eigenvalue weighted by atomic mass is 16.2. The summed E-state index contributed by atoms with van der Waals surface area (Å²) in [5.74, 6) is 0. The summed E-state index contributed by atoms with van der Waals surface area (Å²) in [5.41, 5.74) is 5.92. The lowest BCUT2D eigenvalue weighted by Gasteiger charge is -2.23. The number of amides is 2. The molecule has 4 nitrogen and oxygen atoms in total. The number of rotatable bonds is 4. The van der Waals surface area contributed by atoms with Gasteiger partial charge in [0.25, 0.3) is 0 Å². The lowest BCUT2D eigenvalue weighted by atomic mass is 10.1. The number of nitrogens with two attached hydrogens (primary N) is 1. The Morgan fingerprint density at radius 1 is 1.57 bits per heavy atom. The van der Waals surface area contributed by atoms with E-state index in [2.05, 4.69) is 5.32 Å². The number of nitrogens with one attached hydrogen (secondary N) is 1. The number of carbonyl (C=O) groups excluding carboxylic acids is 1. The first-order valence-electron chi connectivity index (χ1n) is 5.37. The molecule has 2 amide bonds. The summed E-state index contributed by atoms with van der Waals surface area (Å²) in [6.45, 7) is 1.51. The highest BCUT2D eigenvalue weighted by molar-refractivity contribution is 5.74. The van der Waals surface area contributed by atoms with Crippen LogP contribution >= 0.6 is 0 Å². The fourth-order valence-corrected chi connectivity index (χ4v) is 1.69. The van der Waals surface area contributed by atoms with Crippen molar-refractivity contribution in [2.45, 2.75) is 31.7 Å². The van der Waals surface area contributed by atoms with Crippen LogP contribution in [0.2, 0.25) is 0 Å². The molecule has 0 aromatic carbocycles. The number of urea groups is 1. The summed E-state index contributed by atoms with van der Waals surface area (Å²) in [5, 5.41) is 2.97. The molecule has 0 bridgehead atoms. The molecule has 3 N–H and O–H groups in total. The van der Waals surface area contributed by atoms with E-state index < -0.39 is 0 Å². The van der Waals surface area contributed by atoms with Crippen molar-refractivity contribution < 1.29 is 4.79 Å². The van der Waals surface area contributed by atoms with Crippen LogP contribution in [0.3, 0.4) is 0 Å². The Morgan fingerprint density at radius 3 is 2.64 bits per heavy atom. The lowest BCUT2D eigenvalue weighted by Crippen LogP contribution is -2.42. The molecule has 0 aliphatic heterocycles. The van der Waals surface area contributed by atoms with Crippen molar-refractivity contribution in [3.05, 3.63) is 0 Å². The predicted octanol–water partition coefficient (Wildman–Crippen LogP) is 0.529. The monoisotopic (exact) mass is 197 g/mol. The Kier molecular flexibility index (Phi) is 2.39. The molecule has 0 saturated heterocycles. The molecule has 80 valence electrons. The third-order valence-corrected chi connectivity index (χ3v) is 3.21. The van der Waals surface area contributed by atoms with E-state index in [9.17, 15) is 4.79 Å². The van der Waals surface area contributed by atoms with Crippen molar-refractivity contribution >= 4 is 6.03 Å². The second-order valence-electron chi connectivity index (χ2n) is 4.78. The van der Waals surface area contributed by atoms with Crippen LogP contribution in [0.5, 0.6) is 0 Å². The maximum atomic E-state index is 11.6. The van der Waals surface area contributed by atoms with Gasteiger partial charge >= 0.3 is 6.03 Å². The smallest absolute Gasteiger partial charge is 0.317 e. The van der Waals surface area contributed by atoms with Gasteiger partial charge in [-0.05, 0) is 32.2 Å². The van der Waals surface area contributed by atoms with Crippen molar-refractivity contribution in [2.75, 3.05) is 20.1 Å². The summed E-state index contributed by atoms with van der Waals surface area (Å²) < 4.78 is 0. The minimum Gasteiger partial charge on any atom is -0.335 e. The molecular formula is C10H19N3O. The summed E-state index contributed by atoms with van der Waals surface area (Å²) in [6, 6.07) is 0.505. The second kappa shape index (κ2) is 3.42. The van der Waals surface area contributed by atoms with Gasteiger partial charge in [-0.25, -0.2) is 4.79 Å². The zero-order valence-corrected chi connectivity index (χ0v) is 8.75. The van der Waals surface area contributed by atoms with Gasteiger partial charge in [-0.3, -0.25) is 0 Å². The fraction of sp³-hybridized carbons (Fsp3) is 0.900. The maximum absolute atomic E-state index is 11.6. The van der Waals surface area contributed by atoms with Crippen LogP contribution < -0.4 is 11.1 Å². The molecule has 2 fully saturated rings. The van der Waals surface area contributed by atoms with Crippen LogP contribution in [0.25, 0.3) is 0 Å². The summed E-state index contributed by atoms with van der Waals surface area (Å²) in [4.78, 5) is 13.4. The minimum atomic E-state index is 0.0622. The molecule has 0 atom stereocenters. The molecule has 0 radical (unpaired) electrons. The van der Waals surface area contributed by atoms with E-state index in [1.165, 1.54) is 12.8 Å². The molecule has 0 aromatic rings. The quantitative estimate of drug-likeness (QED) is 0.690. The molecule has 14 heavy (non-hydrogen) atoms. The van der Waals surface area contributed by atoms with Crippen molar-refractivity contribution in [3.8, 4) is 0 Å². The van der Waals surface area contributed by atoms with E-state index >= 15 is 0 Å². The molecule has 0 heterocycles. The van der Waals surface area contributed by atoms with Crippen molar-refractivity contribution in [1.82, 2.24) is 10.2 Å². The zero-order chi connectivity index (χ0) is 10.2. The SMILES string of the molecule is CN(CC1(CN)CC1)C(=O)NC1CC1. The maximum Gasteiger partial charge on any atom is 0.317 e. The molecular weight excluding hydrogens is 178 g/mol. The van der Waals surface area contributed by atoms with Gasteiger partial charge in [-0.2, -0.15) is 0 Å². The van der Waals surface area contributed by atoms with Crippen molar-refractivity contribution in [3.63, 3.8) is 0 Å². The van der Waals surface area contributed by atoms with Gasteiger partial charge in [0.1, 0.15) is 0 Å². The van der Waals surface area contributed by atoms with E-state index in [0.29, 0.717) is 12.6 Å². The topological polar surface area (TPSA) is 58.4 Å². The average Bonchev–Trinajstić information content (AvgIpc) is 3.01. The third-order valence-electron chi connectivity index (χ3n) is 3.21. The molecule has 4 heteroatoms. The van der Waals surface area contributed by atoms with E-state index in [0.717, 1.165) is 19.4 Å². The first-order chi connectivity index (χ1) is 6.65. The third kappa shape index (κ3) is 2.18. The van der Waals surface area contributed by atoms with E-state index in [1.807, 2.05) is 7.05 Å². The Hall–Kier alpha value is -0.770.